The summed E-state index contributed by atoms with van der Waals surface area (Å²) in [5.74, 6) is 0.241. The third-order valence-corrected chi connectivity index (χ3v) is 6.61. The van der Waals surface area contributed by atoms with Crippen molar-refractivity contribution in [3.63, 3.8) is 0 Å². The lowest BCUT2D eigenvalue weighted by molar-refractivity contribution is 0.483. The first-order chi connectivity index (χ1) is 11.9. The van der Waals surface area contributed by atoms with Gasteiger partial charge in [0.2, 0.25) is 10.0 Å². The van der Waals surface area contributed by atoms with E-state index in [9.17, 15) is 16.8 Å². The smallest absolute Gasteiger partial charge is 0.339 e. The van der Waals surface area contributed by atoms with Gasteiger partial charge in [0.25, 0.3) is 0 Å². The van der Waals surface area contributed by atoms with Crippen molar-refractivity contribution in [1.29, 1.82) is 0 Å². The van der Waals surface area contributed by atoms with Crippen molar-refractivity contribution in [2.24, 2.45) is 0 Å². The predicted molar refractivity (Wildman–Crippen MR) is 100 cm³/mol. The summed E-state index contributed by atoms with van der Waals surface area (Å²) in [6, 6.07) is 10.2. The van der Waals surface area contributed by atoms with Crippen molar-refractivity contribution in [3.8, 4) is 5.75 Å². The van der Waals surface area contributed by atoms with Crippen LogP contribution < -0.4 is 8.91 Å². The number of aryl methyl sites for hydroxylation is 1. The summed E-state index contributed by atoms with van der Waals surface area (Å²) in [6.45, 7) is 7.99. The van der Waals surface area contributed by atoms with Crippen molar-refractivity contribution in [2.45, 2.75) is 42.9 Å². The number of sulfonamides is 1. The molecule has 8 heteroatoms. The minimum atomic E-state index is -4.07. The van der Waals surface area contributed by atoms with Crippen LogP contribution in [0.2, 0.25) is 0 Å². The van der Waals surface area contributed by atoms with Crippen LogP contribution in [0.4, 0.5) is 0 Å². The molecule has 0 aliphatic heterocycles. The average molecular weight is 398 g/mol. The molecule has 0 saturated heterocycles. The molecule has 142 valence electrons. The number of hydrogen-bond donors (Lipinski definition) is 1. The highest BCUT2D eigenvalue weighted by Crippen LogP contribution is 2.29. The van der Waals surface area contributed by atoms with Gasteiger partial charge < -0.3 is 4.18 Å². The van der Waals surface area contributed by atoms with Gasteiger partial charge in [-0.25, -0.2) is 13.1 Å². The van der Waals surface area contributed by atoms with E-state index >= 15 is 0 Å². The van der Waals surface area contributed by atoms with Crippen LogP contribution in [0, 0.1) is 6.92 Å². The van der Waals surface area contributed by atoms with E-state index < -0.39 is 20.1 Å². The molecule has 6 nitrogen and oxygen atoms in total. The maximum atomic E-state index is 12.5. The summed E-state index contributed by atoms with van der Waals surface area (Å²) in [5.41, 5.74) is 1.72. The molecular weight excluding hydrogens is 374 g/mol. The van der Waals surface area contributed by atoms with Gasteiger partial charge in [-0.2, -0.15) is 8.42 Å². The first kappa shape index (κ1) is 20.4. The van der Waals surface area contributed by atoms with E-state index in [0.717, 1.165) is 5.56 Å². The van der Waals surface area contributed by atoms with Crippen LogP contribution >= 0.6 is 0 Å². The molecule has 0 unspecified atom stereocenters. The molecule has 2 rings (SSSR count). The molecule has 0 aliphatic rings. The van der Waals surface area contributed by atoms with Gasteiger partial charge in [-0.05, 0) is 60.8 Å². The maximum absolute atomic E-state index is 12.5. The van der Waals surface area contributed by atoms with Gasteiger partial charge in [-0.1, -0.05) is 32.9 Å². The number of rotatable bonds is 5. The van der Waals surface area contributed by atoms with E-state index in [-0.39, 0.29) is 21.0 Å². The van der Waals surface area contributed by atoms with E-state index in [0.29, 0.717) is 5.56 Å². The Morgan fingerprint density at radius 3 is 1.88 bits per heavy atom. The molecule has 0 spiro atoms. The summed E-state index contributed by atoms with van der Waals surface area (Å²) in [7, 11) is -6.41. The standard InChI is InChI=1S/C18H23NO5S2/c1-13-12-14(18(2,3)4)6-11-17(13)24-26(22,23)16-9-7-15(8-10-16)25(20,21)19-5/h6-12,19H,1-5H3. The van der Waals surface area contributed by atoms with Gasteiger partial charge in [0.15, 0.2) is 0 Å². The minimum absolute atomic E-state index is 0.0235. The Labute approximate surface area is 155 Å². The predicted octanol–water partition coefficient (Wildman–Crippen LogP) is 2.97. The quantitative estimate of drug-likeness (QED) is 0.784. The zero-order chi connectivity index (χ0) is 19.8. The molecule has 0 aromatic heterocycles. The van der Waals surface area contributed by atoms with Gasteiger partial charge in [-0.15, -0.1) is 0 Å². The van der Waals surface area contributed by atoms with Crippen LogP contribution in [0.15, 0.2) is 52.3 Å². The first-order valence-corrected chi connectivity index (χ1v) is 10.9. The van der Waals surface area contributed by atoms with Gasteiger partial charge in [0, 0.05) is 0 Å². The lowest BCUT2D eigenvalue weighted by atomic mass is 9.86. The lowest BCUT2D eigenvalue weighted by Gasteiger charge is -2.20. The Hall–Kier alpha value is -1.90. The zero-order valence-electron chi connectivity index (χ0n) is 15.4. The van der Waals surface area contributed by atoms with Crippen LogP contribution in [-0.2, 0) is 25.6 Å². The van der Waals surface area contributed by atoms with Crippen LogP contribution in [-0.4, -0.2) is 23.9 Å². The van der Waals surface area contributed by atoms with Gasteiger partial charge in [-0.3, -0.25) is 0 Å². The van der Waals surface area contributed by atoms with E-state index in [1.807, 2.05) is 12.1 Å². The molecule has 1 N–H and O–H groups in total. The Morgan fingerprint density at radius 2 is 1.42 bits per heavy atom. The largest absolute Gasteiger partial charge is 0.379 e. The molecule has 2 aromatic rings. The summed E-state index contributed by atoms with van der Waals surface area (Å²) in [4.78, 5) is -0.142. The molecule has 0 saturated carbocycles. The summed E-state index contributed by atoms with van der Waals surface area (Å²) < 4.78 is 55.8. The van der Waals surface area contributed by atoms with Gasteiger partial charge >= 0.3 is 10.1 Å². The molecule has 0 fully saturated rings. The van der Waals surface area contributed by atoms with Gasteiger partial charge in [0.1, 0.15) is 10.6 Å². The summed E-state index contributed by atoms with van der Waals surface area (Å²) in [5, 5.41) is 0. The fourth-order valence-electron chi connectivity index (χ4n) is 2.28. The molecular formula is C18H23NO5S2. The van der Waals surface area contributed by atoms with Crippen LogP contribution in [0.25, 0.3) is 0 Å². The second-order valence-corrected chi connectivity index (χ2v) is 10.4. The maximum Gasteiger partial charge on any atom is 0.339 e. The number of hydrogen-bond acceptors (Lipinski definition) is 5. The Bertz CT molecular complexity index is 1000. The minimum Gasteiger partial charge on any atom is -0.379 e. The van der Waals surface area contributed by atoms with Crippen molar-refractivity contribution in [2.75, 3.05) is 7.05 Å². The lowest BCUT2D eigenvalue weighted by Crippen LogP contribution is -2.18. The monoisotopic (exact) mass is 397 g/mol. The number of benzene rings is 2. The van der Waals surface area contributed by atoms with Crippen molar-refractivity contribution in [3.05, 3.63) is 53.6 Å². The third-order valence-electron chi connectivity index (χ3n) is 3.93. The molecule has 2 aromatic carbocycles. The molecule has 26 heavy (non-hydrogen) atoms. The highest BCUT2D eigenvalue weighted by Gasteiger charge is 2.21. The van der Waals surface area contributed by atoms with Crippen LogP contribution in [0.1, 0.15) is 31.9 Å². The normalized spacial score (nSPS) is 12.8. The SMILES string of the molecule is CNS(=O)(=O)c1ccc(S(=O)(=O)Oc2ccc(C(C)(C)C)cc2C)cc1. The molecule has 0 heterocycles. The molecule has 0 bridgehead atoms. The van der Waals surface area contributed by atoms with Crippen LogP contribution in [0.3, 0.4) is 0 Å². The van der Waals surface area contributed by atoms with E-state index in [1.54, 1.807) is 13.0 Å². The first-order valence-electron chi connectivity index (χ1n) is 7.96. The Kier molecular flexibility index (Phi) is 5.51. The fraction of sp³-hybridized carbons (Fsp3) is 0.333. The number of nitrogens with one attached hydrogen (secondary N) is 1. The molecule has 0 amide bonds. The second kappa shape index (κ2) is 7.02. The second-order valence-electron chi connectivity index (χ2n) is 6.95. The topological polar surface area (TPSA) is 89.5 Å². The molecule has 0 atom stereocenters. The van der Waals surface area contributed by atoms with Crippen molar-refractivity contribution in [1.82, 2.24) is 4.72 Å². The molecule has 0 radical (unpaired) electrons. The van der Waals surface area contributed by atoms with Crippen molar-refractivity contribution >= 4 is 20.1 Å². The third kappa shape index (κ3) is 4.44. The van der Waals surface area contributed by atoms with Crippen LogP contribution in [0.5, 0.6) is 5.75 Å². The van der Waals surface area contributed by atoms with Crippen molar-refractivity contribution < 1.29 is 21.0 Å². The van der Waals surface area contributed by atoms with Gasteiger partial charge in [0.05, 0.1) is 4.90 Å². The molecule has 0 aliphatic carbocycles. The highest BCUT2D eigenvalue weighted by molar-refractivity contribution is 7.89. The van der Waals surface area contributed by atoms with E-state index in [4.69, 9.17) is 4.18 Å². The Morgan fingerprint density at radius 1 is 0.885 bits per heavy atom. The summed E-state index contributed by atoms with van der Waals surface area (Å²) in [6.07, 6.45) is 0. The average Bonchev–Trinajstić information content (AvgIpc) is 2.55. The van der Waals surface area contributed by atoms with E-state index in [1.165, 1.54) is 31.3 Å². The van der Waals surface area contributed by atoms with E-state index in [2.05, 4.69) is 25.5 Å². The summed E-state index contributed by atoms with van der Waals surface area (Å²) >= 11 is 0. The highest BCUT2D eigenvalue weighted by atomic mass is 32.2. The fourth-order valence-corrected chi connectivity index (χ4v) is 4.00. The zero-order valence-corrected chi connectivity index (χ0v) is 17.0. The Balaban J connectivity index is 2.32.